The van der Waals surface area contributed by atoms with Gasteiger partial charge in [0.15, 0.2) is 5.96 Å². The molecule has 0 aliphatic carbocycles. The Morgan fingerprint density at radius 1 is 1.14 bits per heavy atom. The van der Waals surface area contributed by atoms with Crippen LogP contribution in [-0.4, -0.2) is 42.6 Å². The molecule has 0 bridgehead atoms. The minimum Gasteiger partial charge on any atom is -0.377 e. The molecular formula is C14H25N3O3Si. The molecule has 21 heavy (non-hydrogen) atoms. The maximum atomic E-state index is 5.83. The van der Waals surface area contributed by atoms with E-state index in [9.17, 15) is 0 Å². The number of benzene rings is 1. The molecular weight excluding hydrogens is 286 g/mol. The molecule has 0 amide bonds. The quantitative estimate of drug-likeness (QED) is 0.312. The summed E-state index contributed by atoms with van der Waals surface area (Å²) in [5, 5.41) is 3.08. The number of nitrogens with zero attached hydrogens (tertiary/aromatic N) is 1. The minimum atomic E-state index is -2.48. The predicted octanol–water partition coefficient (Wildman–Crippen LogP) is 1.36. The molecule has 7 heteroatoms. The van der Waals surface area contributed by atoms with Crippen LogP contribution in [0.3, 0.4) is 0 Å². The maximum absolute atomic E-state index is 5.83. The highest BCUT2D eigenvalue weighted by atomic mass is 28.4. The minimum absolute atomic E-state index is 0.443. The lowest BCUT2D eigenvalue weighted by Gasteiger charge is -2.24. The highest BCUT2D eigenvalue weighted by Crippen LogP contribution is 2.14. The maximum Gasteiger partial charge on any atom is 0.500 e. The summed E-state index contributed by atoms with van der Waals surface area (Å²) in [6.45, 7) is 1.28. The fourth-order valence-electron chi connectivity index (χ4n) is 1.89. The Balaban J connectivity index is 2.28. The van der Waals surface area contributed by atoms with E-state index in [0.717, 1.165) is 18.0 Å². The van der Waals surface area contributed by atoms with E-state index < -0.39 is 8.80 Å². The standard InChI is InChI=1S/C14H25N3O3Si/c1-18-21(19-2,20-3)11-7-10-16-14(15)17-12-13-8-5-4-6-9-13/h4-6,8-9H,7,10-12H2,1-3H3,(H3,15,16,17). The van der Waals surface area contributed by atoms with Gasteiger partial charge in [-0.1, -0.05) is 30.3 Å². The first kappa shape index (κ1) is 17.6. The molecule has 0 heterocycles. The van der Waals surface area contributed by atoms with Gasteiger partial charge in [-0.25, -0.2) is 4.99 Å². The number of hydrogen-bond donors (Lipinski definition) is 2. The van der Waals surface area contributed by atoms with E-state index in [-0.39, 0.29) is 0 Å². The second-order valence-electron chi connectivity index (χ2n) is 4.51. The van der Waals surface area contributed by atoms with Crippen LogP contribution in [0.25, 0.3) is 0 Å². The summed E-state index contributed by atoms with van der Waals surface area (Å²) in [6, 6.07) is 10.7. The van der Waals surface area contributed by atoms with Gasteiger partial charge in [0.05, 0.1) is 6.54 Å². The molecule has 0 spiro atoms. The van der Waals surface area contributed by atoms with E-state index in [1.54, 1.807) is 21.3 Å². The molecule has 0 unspecified atom stereocenters. The molecule has 0 radical (unpaired) electrons. The summed E-state index contributed by atoms with van der Waals surface area (Å²) in [5.74, 6) is 0.443. The first-order chi connectivity index (χ1) is 10.2. The molecule has 1 rings (SSSR count). The number of guanidine groups is 1. The van der Waals surface area contributed by atoms with Crippen molar-refractivity contribution >= 4 is 14.8 Å². The Hall–Kier alpha value is -1.41. The molecule has 0 saturated heterocycles. The zero-order valence-corrected chi connectivity index (χ0v) is 14.0. The second kappa shape index (κ2) is 9.51. The predicted molar refractivity (Wildman–Crippen MR) is 86.0 cm³/mol. The molecule has 1 aromatic rings. The fraction of sp³-hybridized carbons (Fsp3) is 0.500. The first-order valence-corrected chi connectivity index (χ1v) is 8.82. The van der Waals surface area contributed by atoms with Crippen LogP contribution in [0.2, 0.25) is 6.04 Å². The zero-order valence-electron chi connectivity index (χ0n) is 13.0. The Labute approximate surface area is 127 Å². The lowest BCUT2D eigenvalue weighted by atomic mass is 10.2. The molecule has 0 atom stereocenters. The molecule has 0 aliphatic rings. The Kier molecular flexibility index (Phi) is 7.99. The van der Waals surface area contributed by atoms with Gasteiger partial charge in [0.1, 0.15) is 0 Å². The van der Waals surface area contributed by atoms with E-state index in [0.29, 0.717) is 19.0 Å². The van der Waals surface area contributed by atoms with Crippen LogP contribution in [0.15, 0.2) is 35.3 Å². The van der Waals surface area contributed by atoms with Gasteiger partial charge < -0.3 is 24.3 Å². The van der Waals surface area contributed by atoms with Gasteiger partial charge in [0, 0.05) is 33.9 Å². The van der Waals surface area contributed by atoms with Crippen LogP contribution in [0.1, 0.15) is 12.0 Å². The molecule has 3 N–H and O–H groups in total. The van der Waals surface area contributed by atoms with Crippen molar-refractivity contribution in [2.24, 2.45) is 10.7 Å². The lowest BCUT2D eigenvalue weighted by molar-refractivity contribution is 0.123. The third kappa shape index (κ3) is 6.26. The fourth-order valence-corrected chi connectivity index (χ4v) is 3.62. The Morgan fingerprint density at radius 3 is 2.33 bits per heavy atom. The van der Waals surface area contributed by atoms with E-state index in [1.165, 1.54) is 0 Å². The number of nitrogens with one attached hydrogen (secondary N) is 1. The number of rotatable bonds is 9. The van der Waals surface area contributed by atoms with Crippen LogP contribution < -0.4 is 11.1 Å². The summed E-state index contributed by atoms with van der Waals surface area (Å²) in [4.78, 5) is 4.29. The summed E-state index contributed by atoms with van der Waals surface area (Å²) < 4.78 is 16.1. The average Bonchev–Trinajstić information content (AvgIpc) is 2.55. The molecule has 6 nitrogen and oxygen atoms in total. The van der Waals surface area contributed by atoms with Crippen LogP contribution >= 0.6 is 0 Å². The summed E-state index contributed by atoms with van der Waals surface area (Å²) in [7, 11) is 2.36. The van der Waals surface area contributed by atoms with Crippen LogP contribution in [0.5, 0.6) is 0 Å². The summed E-state index contributed by atoms with van der Waals surface area (Å²) in [5.41, 5.74) is 6.96. The number of nitrogens with two attached hydrogens (primary N) is 1. The Morgan fingerprint density at radius 2 is 1.76 bits per heavy atom. The Bertz CT molecular complexity index is 416. The molecule has 118 valence electrons. The van der Waals surface area contributed by atoms with Crippen molar-refractivity contribution in [1.82, 2.24) is 5.32 Å². The van der Waals surface area contributed by atoms with Crippen molar-refractivity contribution < 1.29 is 13.3 Å². The van der Waals surface area contributed by atoms with E-state index in [4.69, 9.17) is 19.0 Å². The van der Waals surface area contributed by atoms with Gasteiger partial charge in [0.2, 0.25) is 0 Å². The third-order valence-corrected chi connectivity index (χ3v) is 6.01. The first-order valence-electron chi connectivity index (χ1n) is 6.89. The van der Waals surface area contributed by atoms with E-state index >= 15 is 0 Å². The van der Waals surface area contributed by atoms with Crippen LogP contribution in [0, 0.1) is 0 Å². The third-order valence-electron chi connectivity index (χ3n) is 3.17. The van der Waals surface area contributed by atoms with Gasteiger partial charge in [-0.2, -0.15) is 0 Å². The molecule has 0 aliphatic heterocycles. The highest BCUT2D eigenvalue weighted by Gasteiger charge is 2.36. The topological polar surface area (TPSA) is 78.1 Å². The number of aliphatic imine (C=N–C) groups is 1. The lowest BCUT2D eigenvalue weighted by Crippen LogP contribution is -2.43. The average molecular weight is 311 g/mol. The molecule has 0 saturated carbocycles. The smallest absolute Gasteiger partial charge is 0.377 e. The molecule has 1 aromatic carbocycles. The highest BCUT2D eigenvalue weighted by molar-refractivity contribution is 6.60. The van der Waals surface area contributed by atoms with E-state index in [2.05, 4.69) is 10.3 Å². The van der Waals surface area contributed by atoms with Crippen molar-refractivity contribution in [1.29, 1.82) is 0 Å². The molecule has 0 fully saturated rings. The van der Waals surface area contributed by atoms with Crippen molar-refractivity contribution in [2.45, 2.75) is 19.0 Å². The number of hydrogen-bond acceptors (Lipinski definition) is 4. The summed E-state index contributed by atoms with van der Waals surface area (Å²) >= 11 is 0. The largest absolute Gasteiger partial charge is 0.500 e. The van der Waals surface area contributed by atoms with Gasteiger partial charge in [0.25, 0.3) is 0 Å². The van der Waals surface area contributed by atoms with Crippen molar-refractivity contribution in [3.8, 4) is 0 Å². The SMILES string of the molecule is CO[Si](CCCNC(N)=NCc1ccccc1)(OC)OC. The molecule has 0 aromatic heterocycles. The van der Waals surface area contributed by atoms with Gasteiger partial charge in [-0.3, -0.25) is 0 Å². The summed E-state index contributed by atoms with van der Waals surface area (Å²) in [6.07, 6.45) is 0.837. The van der Waals surface area contributed by atoms with Crippen LogP contribution in [-0.2, 0) is 19.8 Å². The van der Waals surface area contributed by atoms with Gasteiger partial charge >= 0.3 is 8.80 Å². The van der Waals surface area contributed by atoms with Gasteiger partial charge in [-0.05, 0) is 12.0 Å². The monoisotopic (exact) mass is 311 g/mol. The van der Waals surface area contributed by atoms with Crippen molar-refractivity contribution in [3.63, 3.8) is 0 Å². The second-order valence-corrected chi connectivity index (χ2v) is 7.60. The normalized spacial score (nSPS) is 12.4. The van der Waals surface area contributed by atoms with Crippen LogP contribution in [0.4, 0.5) is 0 Å². The van der Waals surface area contributed by atoms with Crippen molar-refractivity contribution in [3.05, 3.63) is 35.9 Å². The van der Waals surface area contributed by atoms with E-state index in [1.807, 2.05) is 30.3 Å². The van der Waals surface area contributed by atoms with Gasteiger partial charge in [-0.15, -0.1) is 0 Å². The zero-order chi connectivity index (χ0) is 15.6. The van der Waals surface area contributed by atoms with Crippen molar-refractivity contribution in [2.75, 3.05) is 27.9 Å².